The standard InChI is InChI=1S/C12H14ClF3N2O/c1-7-10(3-2-4-17-7)19-11-9(13)5-8(6-18-11)12(14,15)16/h5-7,10,17H,2-4H2,1H3/t7-,10+/m0/s1. The van der Waals surface area contributed by atoms with Crippen LogP contribution in [-0.4, -0.2) is 23.7 Å². The van der Waals surface area contributed by atoms with Gasteiger partial charge in [-0.1, -0.05) is 11.6 Å². The fourth-order valence-electron chi connectivity index (χ4n) is 1.99. The van der Waals surface area contributed by atoms with Crippen molar-refractivity contribution in [1.82, 2.24) is 10.3 Å². The number of halogens is 4. The van der Waals surface area contributed by atoms with Crippen molar-refractivity contribution < 1.29 is 17.9 Å². The summed E-state index contributed by atoms with van der Waals surface area (Å²) in [7, 11) is 0. The van der Waals surface area contributed by atoms with Crippen molar-refractivity contribution in [2.45, 2.75) is 38.1 Å². The van der Waals surface area contributed by atoms with E-state index >= 15 is 0 Å². The van der Waals surface area contributed by atoms with Gasteiger partial charge in [-0.3, -0.25) is 0 Å². The van der Waals surface area contributed by atoms with Gasteiger partial charge in [-0.25, -0.2) is 4.98 Å². The maximum atomic E-state index is 12.5. The number of alkyl halides is 3. The van der Waals surface area contributed by atoms with Gasteiger partial charge in [0.25, 0.3) is 0 Å². The molecular weight excluding hydrogens is 281 g/mol. The Kier molecular flexibility index (Phi) is 4.20. The minimum atomic E-state index is -4.45. The van der Waals surface area contributed by atoms with Gasteiger partial charge in [0.2, 0.25) is 5.88 Å². The fraction of sp³-hybridized carbons (Fsp3) is 0.583. The third-order valence-corrected chi connectivity index (χ3v) is 3.36. The Morgan fingerprint density at radius 2 is 2.21 bits per heavy atom. The molecule has 1 saturated heterocycles. The first-order valence-corrected chi connectivity index (χ1v) is 6.38. The van der Waals surface area contributed by atoms with E-state index in [4.69, 9.17) is 16.3 Å². The molecule has 0 bridgehead atoms. The summed E-state index contributed by atoms with van der Waals surface area (Å²) in [5.41, 5.74) is -0.875. The second-order valence-corrected chi connectivity index (χ2v) is 4.96. The van der Waals surface area contributed by atoms with Gasteiger partial charge in [0.15, 0.2) is 0 Å². The van der Waals surface area contributed by atoms with Crippen LogP contribution in [0.3, 0.4) is 0 Å². The van der Waals surface area contributed by atoms with Crippen molar-refractivity contribution in [2.75, 3.05) is 6.54 Å². The van der Waals surface area contributed by atoms with Gasteiger partial charge in [-0.2, -0.15) is 13.2 Å². The normalized spacial score (nSPS) is 24.3. The van der Waals surface area contributed by atoms with Gasteiger partial charge in [0.05, 0.1) is 5.56 Å². The van der Waals surface area contributed by atoms with Crippen molar-refractivity contribution in [3.63, 3.8) is 0 Å². The van der Waals surface area contributed by atoms with Gasteiger partial charge in [-0.05, 0) is 32.4 Å². The molecule has 106 valence electrons. The van der Waals surface area contributed by atoms with Crippen molar-refractivity contribution in [3.05, 3.63) is 22.8 Å². The molecule has 19 heavy (non-hydrogen) atoms. The lowest BCUT2D eigenvalue weighted by Gasteiger charge is -2.30. The summed E-state index contributed by atoms with van der Waals surface area (Å²) in [5, 5.41) is 3.11. The molecule has 1 aliphatic rings. The molecular formula is C12H14ClF3N2O. The fourth-order valence-corrected chi connectivity index (χ4v) is 2.20. The molecule has 0 radical (unpaired) electrons. The Bertz CT molecular complexity index is 453. The maximum absolute atomic E-state index is 12.5. The summed E-state index contributed by atoms with van der Waals surface area (Å²) in [6, 6.07) is 0.957. The molecule has 0 spiro atoms. The number of nitrogens with one attached hydrogen (secondary N) is 1. The predicted octanol–water partition coefficient (Wildman–Crippen LogP) is 3.27. The van der Waals surface area contributed by atoms with Crippen molar-refractivity contribution in [1.29, 1.82) is 0 Å². The van der Waals surface area contributed by atoms with Crippen molar-refractivity contribution >= 4 is 11.6 Å². The Balaban J connectivity index is 2.13. The number of hydrogen-bond donors (Lipinski definition) is 1. The number of ether oxygens (including phenoxy) is 1. The number of hydrogen-bond acceptors (Lipinski definition) is 3. The molecule has 2 atom stereocenters. The molecule has 0 saturated carbocycles. The highest BCUT2D eigenvalue weighted by molar-refractivity contribution is 6.31. The van der Waals surface area contributed by atoms with Crippen LogP contribution in [0.25, 0.3) is 0 Å². The van der Waals surface area contributed by atoms with E-state index in [2.05, 4.69) is 10.3 Å². The average molecular weight is 295 g/mol. The highest BCUT2D eigenvalue weighted by Gasteiger charge is 2.32. The lowest BCUT2D eigenvalue weighted by Crippen LogP contribution is -2.45. The van der Waals surface area contributed by atoms with E-state index in [1.165, 1.54) is 0 Å². The highest BCUT2D eigenvalue weighted by atomic mass is 35.5. The summed E-state index contributed by atoms with van der Waals surface area (Å²) in [4.78, 5) is 3.67. The Hall–Kier alpha value is -1.01. The van der Waals surface area contributed by atoms with E-state index in [-0.39, 0.29) is 23.0 Å². The van der Waals surface area contributed by atoms with E-state index in [1.807, 2.05) is 6.92 Å². The van der Waals surface area contributed by atoms with E-state index < -0.39 is 11.7 Å². The first kappa shape index (κ1) is 14.4. The third-order valence-electron chi connectivity index (χ3n) is 3.09. The van der Waals surface area contributed by atoms with Crippen molar-refractivity contribution in [3.8, 4) is 5.88 Å². The molecule has 1 fully saturated rings. The van der Waals surface area contributed by atoms with E-state index in [9.17, 15) is 13.2 Å². The average Bonchev–Trinajstić information content (AvgIpc) is 2.33. The summed E-state index contributed by atoms with van der Waals surface area (Å²) >= 11 is 5.79. The molecule has 1 aromatic heterocycles. The monoisotopic (exact) mass is 294 g/mol. The molecule has 2 heterocycles. The molecule has 2 rings (SSSR count). The topological polar surface area (TPSA) is 34.1 Å². The third kappa shape index (κ3) is 3.51. The summed E-state index contributed by atoms with van der Waals surface area (Å²) in [6.45, 7) is 2.87. The van der Waals surface area contributed by atoms with E-state index in [0.29, 0.717) is 0 Å². The van der Waals surface area contributed by atoms with Gasteiger partial charge < -0.3 is 10.1 Å². The quantitative estimate of drug-likeness (QED) is 0.909. The van der Waals surface area contributed by atoms with Crippen LogP contribution in [0.15, 0.2) is 12.3 Å². The second kappa shape index (κ2) is 5.54. The van der Waals surface area contributed by atoms with Crippen LogP contribution in [0.4, 0.5) is 13.2 Å². The van der Waals surface area contributed by atoms with Gasteiger partial charge >= 0.3 is 6.18 Å². The largest absolute Gasteiger partial charge is 0.472 e. The Morgan fingerprint density at radius 1 is 1.47 bits per heavy atom. The molecule has 1 N–H and O–H groups in total. The van der Waals surface area contributed by atoms with Crippen LogP contribution in [0.1, 0.15) is 25.3 Å². The van der Waals surface area contributed by atoms with Crippen LogP contribution >= 0.6 is 11.6 Å². The minimum absolute atomic E-state index is 0.0511. The zero-order chi connectivity index (χ0) is 14.0. The smallest absolute Gasteiger partial charge is 0.417 e. The molecule has 0 aliphatic carbocycles. The van der Waals surface area contributed by atoms with Crippen LogP contribution in [0, 0.1) is 0 Å². The molecule has 3 nitrogen and oxygen atoms in total. The molecule has 1 aliphatic heterocycles. The summed E-state index contributed by atoms with van der Waals surface area (Å²) in [6.07, 6.45) is -2.06. The zero-order valence-corrected chi connectivity index (χ0v) is 11.1. The van der Waals surface area contributed by atoms with Crippen molar-refractivity contribution in [2.24, 2.45) is 0 Å². The van der Waals surface area contributed by atoms with Gasteiger partial charge in [0.1, 0.15) is 11.1 Å². The number of piperidine rings is 1. The van der Waals surface area contributed by atoms with Crippen LogP contribution in [-0.2, 0) is 6.18 Å². The Morgan fingerprint density at radius 3 is 2.79 bits per heavy atom. The number of rotatable bonds is 2. The summed E-state index contributed by atoms with van der Waals surface area (Å²) < 4.78 is 43.0. The number of nitrogens with zero attached hydrogens (tertiary/aromatic N) is 1. The van der Waals surface area contributed by atoms with E-state index in [0.717, 1.165) is 31.6 Å². The van der Waals surface area contributed by atoms with Crippen LogP contribution in [0.2, 0.25) is 5.02 Å². The predicted molar refractivity (Wildman–Crippen MR) is 65.4 cm³/mol. The maximum Gasteiger partial charge on any atom is 0.417 e. The van der Waals surface area contributed by atoms with Crippen LogP contribution in [0.5, 0.6) is 5.88 Å². The first-order chi connectivity index (χ1) is 8.88. The highest BCUT2D eigenvalue weighted by Crippen LogP contribution is 2.33. The molecule has 0 amide bonds. The number of aromatic nitrogens is 1. The molecule has 7 heteroatoms. The number of pyridine rings is 1. The first-order valence-electron chi connectivity index (χ1n) is 6.00. The molecule has 1 aromatic rings. The van der Waals surface area contributed by atoms with E-state index in [1.54, 1.807) is 0 Å². The lowest BCUT2D eigenvalue weighted by molar-refractivity contribution is -0.137. The second-order valence-electron chi connectivity index (χ2n) is 4.55. The van der Waals surface area contributed by atoms with Crippen LogP contribution < -0.4 is 10.1 Å². The zero-order valence-electron chi connectivity index (χ0n) is 10.3. The molecule has 0 unspecified atom stereocenters. The molecule has 0 aromatic carbocycles. The summed E-state index contributed by atoms with van der Waals surface area (Å²) in [5.74, 6) is 0.0511. The lowest BCUT2D eigenvalue weighted by atomic mass is 10.0. The van der Waals surface area contributed by atoms with Gasteiger partial charge in [0, 0.05) is 12.2 Å². The SMILES string of the molecule is C[C@@H]1NCCC[C@H]1Oc1ncc(C(F)(F)F)cc1Cl. The van der Waals surface area contributed by atoms with Gasteiger partial charge in [-0.15, -0.1) is 0 Å². The minimum Gasteiger partial charge on any atom is -0.472 e. The Labute approximate surface area is 114 Å².